The summed E-state index contributed by atoms with van der Waals surface area (Å²) in [5.74, 6) is 0.498. The van der Waals surface area contributed by atoms with Crippen LogP contribution >= 0.6 is 0 Å². The van der Waals surface area contributed by atoms with Crippen molar-refractivity contribution in [3.8, 4) is 11.5 Å². The average molecular weight is 723 g/mol. The minimum atomic E-state index is -0.992. The summed E-state index contributed by atoms with van der Waals surface area (Å²) >= 11 is 0. The quantitative estimate of drug-likeness (QED) is 0.298. The van der Waals surface area contributed by atoms with Gasteiger partial charge >= 0.3 is 11.9 Å². The van der Waals surface area contributed by atoms with Crippen molar-refractivity contribution in [1.29, 1.82) is 0 Å². The number of piperazine rings is 2. The molecule has 284 valence electrons. The van der Waals surface area contributed by atoms with Gasteiger partial charge in [-0.15, -0.1) is 0 Å². The number of ether oxygens (including phenoxy) is 3. The Bertz CT molecular complexity index is 1530. The van der Waals surface area contributed by atoms with Crippen LogP contribution in [0.15, 0.2) is 58.8 Å². The summed E-state index contributed by atoms with van der Waals surface area (Å²) in [5.41, 5.74) is 2.78. The molecule has 14 nitrogen and oxygen atoms in total. The first-order chi connectivity index (χ1) is 25.1. The number of hydrogen-bond acceptors (Lipinski definition) is 13. The SMILES string of the molecule is CC(C)Oc1ccccc1N1CCN(CC2CC(C(=O)O)=NO2)CC1.CCOC(=O)C1=NOC(CN2CCN(c3ccccc3OC(C)C)CC2)C1. The molecule has 2 atom stereocenters. The second-order valence-corrected chi connectivity index (χ2v) is 13.8. The fourth-order valence-electron chi connectivity index (χ4n) is 6.58. The third-order valence-corrected chi connectivity index (χ3v) is 9.03. The summed E-state index contributed by atoms with van der Waals surface area (Å²) in [6.45, 7) is 19.1. The van der Waals surface area contributed by atoms with Gasteiger partial charge in [0.2, 0.25) is 0 Å². The molecule has 0 saturated carbocycles. The van der Waals surface area contributed by atoms with Crippen molar-refractivity contribution in [2.24, 2.45) is 10.3 Å². The van der Waals surface area contributed by atoms with E-state index in [9.17, 15) is 9.59 Å². The van der Waals surface area contributed by atoms with Crippen LogP contribution in [0, 0.1) is 0 Å². The highest BCUT2D eigenvalue weighted by atomic mass is 16.7. The number of para-hydroxylation sites is 4. The summed E-state index contributed by atoms with van der Waals surface area (Å²) in [6, 6.07) is 16.3. The molecule has 52 heavy (non-hydrogen) atoms. The van der Waals surface area contributed by atoms with Crippen molar-refractivity contribution in [2.75, 3.05) is 81.9 Å². The third-order valence-electron chi connectivity index (χ3n) is 9.03. The topological polar surface area (TPSA) is 138 Å². The van der Waals surface area contributed by atoms with E-state index < -0.39 is 5.97 Å². The monoisotopic (exact) mass is 722 g/mol. The number of carbonyl (C=O) groups is 2. The zero-order valence-corrected chi connectivity index (χ0v) is 31.1. The number of carbonyl (C=O) groups excluding carboxylic acids is 1. The normalized spacial score (nSPS) is 20.8. The van der Waals surface area contributed by atoms with Crippen molar-refractivity contribution in [2.45, 2.75) is 71.9 Å². The number of rotatable bonds is 13. The van der Waals surface area contributed by atoms with E-state index in [1.165, 1.54) is 0 Å². The number of oxime groups is 2. The second kappa shape index (κ2) is 18.8. The molecule has 0 radical (unpaired) electrons. The number of carboxylic acid groups (broad SMARTS) is 1. The highest BCUT2D eigenvalue weighted by Gasteiger charge is 2.31. The van der Waals surface area contributed by atoms with Crippen LogP contribution < -0.4 is 19.3 Å². The fraction of sp³-hybridized carbons (Fsp3) is 0.579. The smallest absolute Gasteiger partial charge is 0.356 e. The molecular weight excluding hydrogens is 668 g/mol. The van der Waals surface area contributed by atoms with Gasteiger partial charge in [0, 0.05) is 78.3 Å². The Hall–Kier alpha value is -4.56. The minimum absolute atomic E-state index is 0.0764. The van der Waals surface area contributed by atoms with E-state index in [-0.39, 0.29) is 36.1 Å². The van der Waals surface area contributed by atoms with Gasteiger partial charge in [0.15, 0.2) is 11.4 Å². The fourth-order valence-corrected chi connectivity index (χ4v) is 6.58. The molecule has 0 amide bonds. The molecule has 4 aliphatic rings. The molecule has 6 rings (SSSR count). The molecule has 1 N–H and O–H groups in total. The van der Waals surface area contributed by atoms with Crippen molar-refractivity contribution in [3.63, 3.8) is 0 Å². The average Bonchev–Trinajstić information content (AvgIpc) is 3.80. The van der Waals surface area contributed by atoms with Gasteiger partial charge in [-0.2, -0.15) is 0 Å². The van der Waals surface area contributed by atoms with E-state index in [2.05, 4.69) is 48.1 Å². The van der Waals surface area contributed by atoms with Gasteiger partial charge in [-0.05, 0) is 58.9 Å². The van der Waals surface area contributed by atoms with Gasteiger partial charge in [0.05, 0.1) is 30.2 Å². The van der Waals surface area contributed by atoms with Gasteiger partial charge in [-0.25, -0.2) is 9.59 Å². The molecule has 2 unspecified atom stereocenters. The van der Waals surface area contributed by atoms with E-state index in [4.69, 9.17) is 29.0 Å². The predicted octanol–water partition coefficient (Wildman–Crippen LogP) is 4.13. The van der Waals surface area contributed by atoms with Crippen molar-refractivity contribution in [3.05, 3.63) is 48.5 Å². The molecule has 0 spiro atoms. The minimum Gasteiger partial charge on any atom is -0.489 e. The molecular formula is C38H54N6O8. The maximum Gasteiger partial charge on any atom is 0.356 e. The molecule has 0 aliphatic carbocycles. The standard InChI is InChI=1S/C20H29N3O4.C18H25N3O4/c1-4-25-20(24)17-13-16(27-21-17)14-22-9-11-23(12-10-22)18-7-5-6-8-19(18)26-15(2)3;1-13(2)24-17-6-4-3-5-16(17)21-9-7-20(8-10-21)12-14-11-15(18(22)23)19-25-14/h5-8,15-16H,4,9-14H2,1-3H3;3-6,13-14H,7-12H2,1-2H3,(H,22,23). The first kappa shape index (κ1) is 38.7. The number of esters is 1. The van der Waals surface area contributed by atoms with Gasteiger partial charge in [0.25, 0.3) is 0 Å². The first-order valence-electron chi connectivity index (χ1n) is 18.4. The third kappa shape index (κ3) is 11.0. The van der Waals surface area contributed by atoms with E-state index in [0.29, 0.717) is 31.7 Å². The van der Waals surface area contributed by atoms with Crippen LogP contribution in [-0.2, 0) is 24.0 Å². The second-order valence-electron chi connectivity index (χ2n) is 13.8. The molecule has 0 bridgehead atoms. The molecule has 2 saturated heterocycles. The van der Waals surface area contributed by atoms with E-state index in [1.54, 1.807) is 6.92 Å². The molecule has 4 aliphatic heterocycles. The van der Waals surface area contributed by atoms with E-state index in [0.717, 1.165) is 81.8 Å². The van der Waals surface area contributed by atoms with Crippen LogP contribution in [0.1, 0.15) is 47.5 Å². The molecule has 0 aromatic heterocycles. The summed E-state index contributed by atoms with van der Waals surface area (Å²) in [6.07, 6.45) is 0.956. The van der Waals surface area contributed by atoms with Gasteiger partial charge in [-0.3, -0.25) is 9.80 Å². The molecule has 14 heteroatoms. The van der Waals surface area contributed by atoms with Crippen LogP contribution in [0.5, 0.6) is 11.5 Å². The van der Waals surface area contributed by atoms with Crippen molar-refractivity contribution < 1.29 is 38.6 Å². The maximum absolute atomic E-state index is 11.7. The number of aliphatic carboxylic acids is 1. The van der Waals surface area contributed by atoms with Gasteiger partial charge in [0.1, 0.15) is 23.7 Å². The Morgan fingerprint density at radius 3 is 1.54 bits per heavy atom. The molecule has 2 fully saturated rings. The van der Waals surface area contributed by atoms with Gasteiger partial charge in [-0.1, -0.05) is 34.6 Å². The van der Waals surface area contributed by atoms with Crippen LogP contribution in [0.4, 0.5) is 11.4 Å². The summed E-state index contributed by atoms with van der Waals surface area (Å²) in [7, 11) is 0. The number of carboxylic acids is 1. The Labute approximate surface area is 306 Å². The Balaban J connectivity index is 0.000000202. The lowest BCUT2D eigenvalue weighted by Crippen LogP contribution is -2.48. The summed E-state index contributed by atoms with van der Waals surface area (Å²) in [4.78, 5) is 42.6. The van der Waals surface area contributed by atoms with E-state index in [1.807, 2.05) is 58.0 Å². The molecule has 2 aromatic rings. The summed E-state index contributed by atoms with van der Waals surface area (Å²) < 4.78 is 16.9. The maximum atomic E-state index is 11.7. The number of hydrogen-bond donors (Lipinski definition) is 1. The lowest BCUT2D eigenvalue weighted by Gasteiger charge is -2.37. The van der Waals surface area contributed by atoms with Gasteiger partial charge < -0.3 is 38.8 Å². The number of benzene rings is 2. The largest absolute Gasteiger partial charge is 0.489 e. The van der Waals surface area contributed by atoms with Crippen LogP contribution in [0.2, 0.25) is 0 Å². The van der Waals surface area contributed by atoms with Crippen LogP contribution in [0.3, 0.4) is 0 Å². The highest BCUT2D eigenvalue weighted by molar-refractivity contribution is 6.36. The first-order valence-corrected chi connectivity index (χ1v) is 18.4. The van der Waals surface area contributed by atoms with Crippen LogP contribution in [-0.4, -0.2) is 135 Å². The predicted molar refractivity (Wildman–Crippen MR) is 200 cm³/mol. The molecule has 4 heterocycles. The highest BCUT2D eigenvalue weighted by Crippen LogP contribution is 2.31. The van der Waals surface area contributed by atoms with Crippen molar-refractivity contribution in [1.82, 2.24) is 9.80 Å². The Morgan fingerprint density at radius 2 is 1.13 bits per heavy atom. The van der Waals surface area contributed by atoms with Crippen LogP contribution in [0.25, 0.3) is 0 Å². The lowest BCUT2D eigenvalue weighted by atomic mass is 10.1. The number of anilines is 2. The zero-order valence-electron chi connectivity index (χ0n) is 31.1. The number of nitrogens with zero attached hydrogens (tertiary/aromatic N) is 6. The summed E-state index contributed by atoms with van der Waals surface area (Å²) in [5, 5.41) is 16.5. The zero-order chi connectivity index (χ0) is 37.0. The lowest BCUT2D eigenvalue weighted by molar-refractivity contribution is -0.135. The van der Waals surface area contributed by atoms with Crippen molar-refractivity contribution >= 4 is 34.7 Å². The Morgan fingerprint density at radius 1 is 0.712 bits per heavy atom. The molecule has 2 aromatic carbocycles. The van der Waals surface area contributed by atoms with E-state index >= 15 is 0 Å². The Kier molecular flexibility index (Phi) is 14.0.